The molecule has 4 rings (SSSR count). The number of carbonyl (C=O) groups excluding carboxylic acids is 5. The fourth-order valence-electron chi connectivity index (χ4n) is 5.12. The van der Waals surface area contributed by atoms with E-state index in [0.29, 0.717) is 17.0 Å². The van der Waals surface area contributed by atoms with Crippen LogP contribution in [0.25, 0.3) is 0 Å². The number of esters is 2. The number of rotatable bonds is 8. The van der Waals surface area contributed by atoms with Crippen molar-refractivity contribution < 1.29 is 33.4 Å². The zero-order chi connectivity index (χ0) is 23.9. The highest BCUT2D eigenvalue weighted by molar-refractivity contribution is 7.16. The molecule has 1 aliphatic heterocycles. The number of imide groups is 1. The summed E-state index contributed by atoms with van der Waals surface area (Å²) in [6.07, 6.45) is 5.35. The van der Waals surface area contributed by atoms with Crippen molar-refractivity contribution in [3.8, 4) is 0 Å². The van der Waals surface area contributed by atoms with Crippen LogP contribution in [0.4, 0.5) is 5.00 Å². The third-order valence-corrected chi connectivity index (χ3v) is 7.57. The Bertz CT molecular complexity index is 1030. The number of aryl methyl sites for hydroxylation is 1. The predicted octanol–water partition coefficient (Wildman–Crippen LogP) is 2.08. The summed E-state index contributed by atoms with van der Waals surface area (Å²) in [6, 6.07) is 0. The van der Waals surface area contributed by atoms with Gasteiger partial charge in [0.05, 0.1) is 24.0 Å². The molecule has 2 heterocycles. The molecular formula is C23H26N2O7S. The SMILES string of the molecule is CCOC(=O)c1c(NC(=O)COC(=O)CN2C(=O)C3C4C=CC(C4)C3C2=O)sc(C)c1CC. The summed E-state index contributed by atoms with van der Waals surface area (Å²) < 4.78 is 10.1. The molecule has 2 aliphatic carbocycles. The second kappa shape index (κ2) is 9.09. The molecule has 1 aromatic heterocycles. The largest absolute Gasteiger partial charge is 0.462 e. The Labute approximate surface area is 195 Å². The van der Waals surface area contributed by atoms with Gasteiger partial charge in [0.2, 0.25) is 11.8 Å². The summed E-state index contributed by atoms with van der Waals surface area (Å²) in [5.41, 5.74) is 1.11. The quantitative estimate of drug-likeness (QED) is 0.348. The number of nitrogens with zero attached hydrogens (tertiary/aromatic N) is 1. The zero-order valence-corrected chi connectivity index (χ0v) is 19.5. The molecular weight excluding hydrogens is 448 g/mol. The van der Waals surface area contributed by atoms with Crippen molar-refractivity contribution in [1.29, 1.82) is 0 Å². The van der Waals surface area contributed by atoms with Gasteiger partial charge in [-0.3, -0.25) is 24.1 Å². The summed E-state index contributed by atoms with van der Waals surface area (Å²) >= 11 is 1.25. The summed E-state index contributed by atoms with van der Waals surface area (Å²) in [7, 11) is 0. The topological polar surface area (TPSA) is 119 Å². The summed E-state index contributed by atoms with van der Waals surface area (Å²) in [5, 5.41) is 2.95. The van der Waals surface area contributed by atoms with E-state index in [2.05, 4.69) is 5.32 Å². The van der Waals surface area contributed by atoms with Gasteiger partial charge in [0.25, 0.3) is 5.91 Å². The standard InChI is InChI=1S/C23H26N2O7S/c1-4-14-11(3)33-20(19(14)23(30)31-5-2)24-15(26)10-32-16(27)9-25-21(28)17-12-6-7-13(8-12)18(17)22(25)29/h6-7,12-13,17-18H,4-5,8-10H2,1-3H3,(H,24,26). The van der Waals surface area contributed by atoms with Crippen LogP contribution in [0.15, 0.2) is 12.2 Å². The van der Waals surface area contributed by atoms with Crippen molar-refractivity contribution in [3.63, 3.8) is 0 Å². The molecule has 3 aliphatic rings. The molecule has 1 saturated heterocycles. The van der Waals surface area contributed by atoms with Crippen molar-refractivity contribution in [2.24, 2.45) is 23.7 Å². The Balaban J connectivity index is 1.34. The third kappa shape index (κ3) is 4.07. The molecule has 4 unspecified atom stereocenters. The lowest BCUT2D eigenvalue weighted by Crippen LogP contribution is -2.38. The van der Waals surface area contributed by atoms with Crippen LogP contribution in [0.5, 0.6) is 0 Å². The minimum absolute atomic E-state index is 0.0547. The smallest absolute Gasteiger partial charge is 0.341 e. The van der Waals surface area contributed by atoms with Gasteiger partial charge < -0.3 is 14.8 Å². The Morgan fingerprint density at radius 2 is 1.73 bits per heavy atom. The second-order valence-corrected chi connectivity index (χ2v) is 9.61. The van der Waals surface area contributed by atoms with E-state index in [0.717, 1.165) is 21.8 Å². The molecule has 3 amide bonds. The fraction of sp³-hybridized carbons (Fsp3) is 0.522. The number of anilines is 1. The van der Waals surface area contributed by atoms with E-state index in [1.165, 1.54) is 11.3 Å². The zero-order valence-electron chi connectivity index (χ0n) is 18.7. The predicted molar refractivity (Wildman–Crippen MR) is 118 cm³/mol. The molecule has 2 fully saturated rings. The number of amides is 3. The molecule has 176 valence electrons. The van der Waals surface area contributed by atoms with Gasteiger partial charge in [-0.2, -0.15) is 0 Å². The Kier molecular flexibility index (Phi) is 6.38. The van der Waals surface area contributed by atoms with Crippen LogP contribution >= 0.6 is 11.3 Å². The Morgan fingerprint density at radius 3 is 2.30 bits per heavy atom. The van der Waals surface area contributed by atoms with E-state index in [1.807, 2.05) is 26.0 Å². The van der Waals surface area contributed by atoms with Crippen LogP contribution in [-0.2, 0) is 35.1 Å². The van der Waals surface area contributed by atoms with Crippen molar-refractivity contribution in [2.45, 2.75) is 33.6 Å². The minimum Gasteiger partial charge on any atom is -0.462 e. The number of hydrogen-bond acceptors (Lipinski definition) is 8. The maximum atomic E-state index is 12.7. The van der Waals surface area contributed by atoms with Crippen LogP contribution < -0.4 is 5.32 Å². The molecule has 4 atom stereocenters. The molecule has 0 aromatic carbocycles. The summed E-state index contributed by atoms with van der Waals surface area (Å²) in [6.45, 7) is 4.55. The first kappa shape index (κ1) is 23.2. The molecule has 2 bridgehead atoms. The van der Waals surface area contributed by atoms with Crippen LogP contribution in [0, 0.1) is 30.6 Å². The minimum atomic E-state index is -0.839. The van der Waals surface area contributed by atoms with Crippen molar-refractivity contribution in [1.82, 2.24) is 4.90 Å². The van der Waals surface area contributed by atoms with Crippen molar-refractivity contribution in [3.05, 3.63) is 28.2 Å². The van der Waals surface area contributed by atoms with Gasteiger partial charge >= 0.3 is 11.9 Å². The van der Waals surface area contributed by atoms with E-state index in [9.17, 15) is 24.0 Å². The highest BCUT2D eigenvalue weighted by Crippen LogP contribution is 2.52. The third-order valence-electron chi connectivity index (χ3n) is 6.51. The highest BCUT2D eigenvalue weighted by atomic mass is 32.1. The van der Waals surface area contributed by atoms with Gasteiger partial charge in [-0.25, -0.2) is 4.79 Å². The first-order valence-electron chi connectivity index (χ1n) is 11.0. The molecule has 0 radical (unpaired) electrons. The highest BCUT2D eigenvalue weighted by Gasteiger charge is 2.59. The monoisotopic (exact) mass is 474 g/mol. The van der Waals surface area contributed by atoms with Crippen molar-refractivity contribution >= 4 is 46.0 Å². The number of nitrogens with one attached hydrogen (secondary N) is 1. The van der Waals surface area contributed by atoms with Crippen LogP contribution in [0.2, 0.25) is 0 Å². The van der Waals surface area contributed by atoms with E-state index >= 15 is 0 Å². The summed E-state index contributed by atoms with van der Waals surface area (Å²) in [5.74, 6) is -3.35. The molecule has 1 N–H and O–H groups in total. The fourth-order valence-corrected chi connectivity index (χ4v) is 6.26. The molecule has 9 nitrogen and oxygen atoms in total. The number of likely N-dealkylation sites (tertiary alicyclic amines) is 1. The Hall–Kier alpha value is -3.01. The van der Waals surface area contributed by atoms with Crippen LogP contribution in [-0.4, -0.2) is 54.3 Å². The lowest BCUT2D eigenvalue weighted by Gasteiger charge is -2.16. The van der Waals surface area contributed by atoms with Gasteiger partial charge in [-0.1, -0.05) is 19.1 Å². The number of ether oxygens (including phenoxy) is 2. The van der Waals surface area contributed by atoms with E-state index in [-0.39, 0.29) is 42.1 Å². The van der Waals surface area contributed by atoms with Crippen molar-refractivity contribution in [2.75, 3.05) is 25.1 Å². The maximum absolute atomic E-state index is 12.7. The van der Waals surface area contributed by atoms with E-state index in [4.69, 9.17) is 9.47 Å². The number of fused-ring (bicyclic) bond motifs is 5. The lowest BCUT2D eigenvalue weighted by molar-refractivity contribution is -0.154. The van der Waals surface area contributed by atoms with Gasteiger partial charge in [-0.15, -0.1) is 11.3 Å². The molecule has 10 heteroatoms. The average molecular weight is 475 g/mol. The van der Waals surface area contributed by atoms with Gasteiger partial charge in [0, 0.05) is 4.88 Å². The normalized spacial score (nSPS) is 24.9. The van der Waals surface area contributed by atoms with E-state index in [1.54, 1.807) is 6.92 Å². The van der Waals surface area contributed by atoms with Gasteiger partial charge in [0.1, 0.15) is 11.5 Å². The molecule has 1 saturated carbocycles. The maximum Gasteiger partial charge on any atom is 0.341 e. The van der Waals surface area contributed by atoms with Gasteiger partial charge in [-0.05, 0) is 44.1 Å². The number of hydrogen-bond donors (Lipinski definition) is 1. The molecule has 0 spiro atoms. The summed E-state index contributed by atoms with van der Waals surface area (Å²) in [4.78, 5) is 64.2. The Morgan fingerprint density at radius 1 is 1.09 bits per heavy atom. The van der Waals surface area contributed by atoms with Crippen LogP contribution in [0.3, 0.4) is 0 Å². The van der Waals surface area contributed by atoms with Crippen LogP contribution in [0.1, 0.15) is 41.1 Å². The first-order valence-corrected chi connectivity index (χ1v) is 11.9. The first-order chi connectivity index (χ1) is 15.8. The average Bonchev–Trinajstić information content (AvgIpc) is 3.51. The molecule has 33 heavy (non-hydrogen) atoms. The molecule has 1 aromatic rings. The van der Waals surface area contributed by atoms with Gasteiger partial charge in [0.15, 0.2) is 6.61 Å². The second-order valence-electron chi connectivity index (χ2n) is 8.39. The lowest BCUT2D eigenvalue weighted by atomic mass is 9.85. The number of thiophene rings is 1. The number of allylic oxidation sites excluding steroid dienone is 2. The number of carbonyl (C=O) groups is 5. The van der Waals surface area contributed by atoms with E-state index < -0.39 is 31.0 Å².